The van der Waals surface area contributed by atoms with Gasteiger partial charge >= 0.3 is 0 Å². The fraction of sp³-hybridized carbons (Fsp3) is 0.600. The number of benzene rings is 1. The third-order valence-corrected chi connectivity index (χ3v) is 4.48. The first-order valence-corrected chi connectivity index (χ1v) is 7.75. The molecule has 0 aromatic heterocycles. The lowest BCUT2D eigenvalue weighted by Crippen LogP contribution is -2.26. The quantitative estimate of drug-likeness (QED) is 0.901. The first-order valence-electron chi connectivity index (χ1n) is 6.96. The Balaban J connectivity index is 1.86. The SMILES string of the molecule is C[C@H](N)c1ccc(OCCC2CCCN2C)c(Br)c1. The maximum Gasteiger partial charge on any atom is 0.133 e. The van der Waals surface area contributed by atoms with Gasteiger partial charge in [0.2, 0.25) is 0 Å². The van der Waals surface area contributed by atoms with E-state index in [9.17, 15) is 0 Å². The second kappa shape index (κ2) is 6.73. The van der Waals surface area contributed by atoms with Crippen LogP contribution < -0.4 is 10.5 Å². The fourth-order valence-corrected chi connectivity index (χ4v) is 3.08. The molecule has 1 aliphatic rings. The van der Waals surface area contributed by atoms with Gasteiger partial charge in [0, 0.05) is 12.1 Å². The van der Waals surface area contributed by atoms with Crippen LogP contribution in [0.3, 0.4) is 0 Å². The van der Waals surface area contributed by atoms with Crippen LogP contribution >= 0.6 is 15.9 Å². The standard InChI is InChI=1S/C15H23BrN2O/c1-11(17)12-5-6-15(14(16)10-12)19-9-7-13-4-3-8-18(13)2/h5-6,10-11,13H,3-4,7-9,17H2,1-2H3/t11-,13?/m0/s1. The average Bonchev–Trinajstić information content (AvgIpc) is 2.77. The first-order chi connectivity index (χ1) is 9.08. The van der Waals surface area contributed by atoms with Gasteiger partial charge in [-0.1, -0.05) is 6.07 Å². The van der Waals surface area contributed by atoms with E-state index in [4.69, 9.17) is 10.5 Å². The van der Waals surface area contributed by atoms with E-state index < -0.39 is 0 Å². The molecule has 1 heterocycles. The molecule has 0 aliphatic carbocycles. The van der Waals surface area contributed by atoms with E-state index in [0.29, 0.717) is 6.04 Å². The zero-order valence-electron chi connectivity index (χ0n) is 11.7. The fourth-order valence-electron chi connectivity index (χ4n) is 2.57. The summed E-state index contributed by atoms with van der Waals surface area (Å²) in [6.45, 7) is 3.97. The van der Waals surface area contributed by atoms with E-state index in [-0.39, 0.29) is 6.04 Å². The van der Waals surface area contributed by atoms with Gasteiger partial charge in [0.15, 0.2) is 0 Å². The van der Waals surface area contributed by atoms with Crippen molar-refractivity contribution in [3.8, 4) is 5.75 Å². The van der Waals surface area contributed by atoms with Gasteiger partial charge in [0.05, 0.1) is 11.1 Å². The third-order valence-electron chi connectivity index (χ3n) is 3.86. The zero-order chi connectivity index (χ0) is 13.8. The molecule has 106 valence electrons. The Bertz CT molecular complexity index is 423. The van der Waals surface area contributed by atoms with Crippen molar-refractivity contribution >= 4 is 15.9 Å². The Kier molecular flexibility index (Phi) is 5.25. The minimum absolute atomic E-state index is 0.0532. The summed E-state index contributed by atoms with van der Waals surface area (Å²) in [7, 11) is 2.20. The smallest absolute Gasteiger partial charge is 0.133 e. The Morgan fingerprint density at radius 2 is 2.32 bits per heavy atom. The van der Waals surface area contributed by atoms with E-state index in [1.54, 1.807) is 0 Å². The molecule has 1 saturated heterocycles. The molecule has 19 heavy (non-hydrogen) atoms. The lowest BCUT2D eigenvalue weighted by atomic mass is 10.1. The van der Waals surface area contributed by atoms with Crippen LogP contribution in [0.2, 0.25) is 0 Å². The summed E-state index contributed by atoms with van der Waals surface area (Å²) in [5.74, 6) is 0.907. The molecule has 0 amide bonds. The van der Waals surface area contributed by atoms with Crippen molar-refractivity contribution in [1.29, 1.82) is 0 Å². The first kappa shape index (κ1) is 14.8. The van der Waals surface area contributed by atoms with Crippen LogP contribution in [0, 0.1) is 0 Å². The molecule has 1 unspecified atom stereocenters. The monoisotopic (exact) mass is 326 g/mol. The maximum absolute atomic E-state index is 5.87. The molecular weight excluding hydrogens is 304 g/mol. The largest absolute Gasteiger partial charge is 0.492 e. The number of ether oxygens (including phenoxy) is 1. The van der Waals surface area contributed by atoms with E-state index in [1.807, 2.05) is 25.1 Å². The molecule has 0 spiro atoms. The lowest BCUT2D eigenvalue weighted by molar-refractivity contribution is 0.232. The molecule has 3 nitrogen and oxygen atoms in total. The molecular formula is C15H23BrN2O. The molecule has 1 aliphatic heterocycles. The summed E-state index contributed by atoms with van der Waals surface area (Å²) in [6, 6.07) is 6.81. The molecule has 2 rings (SSSR count). The van der Waals surface area contributed by atoms with Crippen LogP contribution in [0.1, 0.15) is 37.8 Å². The number of likely N-dealkylation sites (tertiary alicyclic amines) is 1. The molecule has 2 atom stereocenters. The highest BCUT2D eigenvalue weighted by Gasteiger charge is 2.20. The molecule has 4 heteroatoms. The Morgan fingerprint density at radius 1 is 1.53 bits per heavy atom. The summed E-state index contributed by atoms with van der Waals surface area (Å²) in [5, 5.41) is 0. The van der Waals surface area contributed by atoms with Crippen molar-refractivity contribution in [3.05, 3.63) is 28.2 Å². The van der Waals surface area contributed by atoms with Gasteiger partial charge in [0.1, 0.15) is 5.75 Å². The average molecular weight is 327 g/mol. The normalized spacial score (nSPS) is 21.6. The summed E-state index contributed by atoms with van der Waals surface area (Å²) >= 11 is 3.55. The summed E-state index contributed by atoms with van der Waals surface area (Å²) in [5.41, 5.74) is 6.98. The molecule has 1 aromatic carbocycles. The molecule has 1 aromatic rings. The maximum atomic E-state index is 5.87. The van der Waals surface area contributed by atoms with Gasteiger partial charge < -0.3 is 15.4 Å². The van der Waals surface area contributed by atoms with Gasteiger partial charge in [-0.05, 0) is 73.4 Å². The van der Waals surface area contributed by atoms with Crippen LogP contribution in [0.25, 0.3) is 0 Å². The van der Waals surface area contributed by atoms with E-state index in [0.717, 1.165) is 28.8 Å². The van der Waals surface area contributed by atoms with Gasteiger partial charge in [-0.15, -0.1) is 0 Å². The summed E-state index contributed by atoms with van der Waals surface area (Å²) in [6.07, 6.45) is 3.70. The Morgan fingerprint density at radius 3 is 2.89 bits per heavy atom. The second-order valence-electron chi connectivity index (χ2n) is 5.39. The minimum Gasteiger partial charge on any atom is -0.492 e. The van der Waals surface area contributed by atoms with Crippen LogP contribution in [-0.2, 0) is 0 Å². The third kappa shape index (κ3) is 3.94. The van der Waals surface area contributed by atoms with Crippen LogP contribution in [0.5, 0.6) is 5.75 Å². The predicted octanol–water partition coefficient (Wildman–Crippen LogP) is 3.33. The summed E-state index contributed by atoms with van der Waals surface area (Å²) in [4.78, 5) is 2.43. The van der Waals surface area contributed by atoms with Crippen molar-refractivity contribution in [1.82, 2.24) is 4.90 Å². The van der Waals surface area contributed by atoms with Crippen LogP contribution in [0.15, 0.2) is 22.7 Å². The van der Waals surface area contributed by atoms with Gasteiger partial charge in [-0.2, -0.15) is 0 Å². The minimum atomic E-state index is 0.0532. The number of nitrogens with two attached hydrogens (primary N) is 1. The molecule has 1 fully saturated rings. The van der Waals surface area contributed by atoms with Gasteiger partial charge in [-0.25, -0.2) is 0 Å². The van der Waals surface area contributed by atoms with Crippen LogP contribution in [0.4, 0.5) is 0 Å². The number of nitrogens with zero attached hydrogens (tertiary/aromatic N) is 1. The lowest BCUT2D eigenvalue weighted by Gasteiger charge is -2.19. The Labute approximate surface area is 124 Å². The number of hydrogen-bond acceptors (Lipinski definition) is 3. The van der Waals surface area contributed by atoms with Crippen molar-refractivity contribution in [2.45, 2.75) is 38.3 Å². The van der Waals surface area contributed by atoms with E-state index >= 15 is 0 Å². The van der Waals surface area contributed by atoms with Gasteiger partial charge in [-0.3, -0.25) is 0 Å². The highest BCUT2D eigenvalue weighted by atomic mass is 79.9. The number of hydrogen-bond donors (Lipinski definition) is 1. The van der Waals surface area contributed by atoms with Gasteiger partial charge in [0.25, 0.3) is 0 Å². The topological polar surface area (TPSA) is 38.5 Å². The van der Waals surface area contributed by atoms with Crippen LogP contribution in [-0.4, -0.2) is 31.1 Å². The Hall–Kier alpha value is -0.580. The molecule has 2 N–H and O–H groups in total. The van der Waals surface area contributed by atoms with Crippen molar-refractivity contribution in [2.75, 3.05) is 20.2 Å². The molecule has 0 saturated carbocycles. The zero-order valence-corrected chi connectivity index (χ0v) is 13.3. The van der Waals surface area contributed by atoms with Crippen molar-refractivity contribution in [3.63, 3.8) is 0 Å². The number of rotatable bonds is 5. The molecule has 0 bridgehead atoms. The summed E-state index contributed by atoms with van der Waals surface area (Å²) < 4.78 is 6.86. The highest BCUT2D eigenvalue weighted by molar-refractivity contribution is 9.10. The van der Waals surface area contributed by atoms with E-state index in [2.05, 4.69) is 27.9 Å². The predicted molar refractivity (Wildman–Crippen MR) is 82.5 cm³/mol. The van der Waals surface area contributed by atoms with Crippen molar-refractivity contribution < 1.29 is 4.74 Å². The van der Waals surface area contributed by atoms with E-state index in [1.165, 1.54) is 19.4 Å². The highest BCUT2D eigenvalue weighted by Crippen LogP contribution is 2.28. The van der Waals surface area contributed by atoms with Crippen molar-refractivity contribution in [2.24, 2.45) is 5.73 Å². The second-order valence-corrected chi connectivity index (χ2v) is 6.25. The number of halogens is 1. The molecule has 0 radical (unpaired) electrons.